The van der Waals surface area contributed by atoms with Gasteiger partial charge in [-0.2, -0.15) is 0 Å². The molecule has 1 amide bonds. The fourth-order valence-corrected chi connectivity index (χ4v) is 14.6. The van der Waals surface area contributed by atoms with Crippen molar-refractivity contribution in [3.05, 3.63) is 12.2 Å². The van der Waals surface area contributed by atoms with E-state index in [-0.39, 0.29) is 18.5 Å². The minimum atomic E-state index is -0.663. The second-order valence-electron chi connectivity index (χ2n) is 30.9. The van der Waals surface area contributed by atoms with Crippen molar-refractivity contribution in [3.8, 4) is 0 Å². The molecule has 0 saturated carbocycles. The SMILES string of the molecule is CCCCCCCCCCCCCCCCCCCCCCCCCCC(O)C(CO)NC(=O)CCCCCCCCCCCCCCCCCCC/C=C\CCCCCCCCCCCCCCCCOC(=O)CCCCCCCCCCCCCCCCCCCCC. The highest BCUT2D eigenvalue weighted by molar-refractivity contribution is 5.76. The van der Waals surface area contributed by atoms with E-state index in [4.69, 9.17) is 4.74 Å². The molecule has 0 aromatic carbocycles. The van der Waals surface area contributed by atoms with Gasteiger partial charge in [-0.25, -0.2) is 0 Å². The van der Waals surface area contributed by atoms with Crippen LogP contribution in [0, 0.1) is 0 Å². The number of allylic oxidation sites excluding steroid dienone is 2. The fraction of sp³-hybridized carbons (Fsp3) is 0.955. The van der Waals surface area contributed by atoms with Crippen molar-refractivity contribution < 1.29 is 24.5 Å². The van der Waals surface area contributed by atoms with Crippen LogP contribution in [0.5, 0.6) is 0 Å². The van der Waals surface area contributed by atoms with Gasteiger partial charge in [-0.15, -0.1) is 0 Å². The summed E-state index contributed by atoms with van der Waals surface area (Å²) in [7, 11) is 0. The maximum absolute atomic E-state index is 12.6. The molecule has 0 radical (unpaired) electrons. The van der Waals surface area contributed by atoms with Gasteiger partial charge in [0.2, 0.25) is 5.91 Å². The van der Waals surface area contributed by atoms with Crippen molar-refractivity contribution in [2.24, 2.45) is 0 Å². The second kappa shape index (κ2) is 85.0. The number of carbonyl (C=O) groups is 2. The molecule has 95 heavy (non-hydrogen) atoms. The first-order valence-electron chi connectivity index (χ1n) is 44.4. The number of carbonyl (C=O) groups excluding carboxylic acids is 2. The van der Waals surface area contributed by atoms with Gasteiger partial charge in [-0.1, -0.05) is 469 Å². The highest BCUT2D eigenvalue weighted by Gasteiger charge is 2.20. The molecule has 0 heterocycles. The summed E-state index contributed by atoms with van der Waals surface area (Å²) < 4.78 is 5.53. The number of hydrogen-bond donors (Lipinski definition) is 3. The van der Waals surface area contributed by atoms with E-state index in [1.54, 1.807) is 0 Å². The number of esters is 1. The average Bonchev–Trinajstić information content (AvgIpc) is 3.79. The van der Waals surface area contributed by atoms with Crippen LogP contribution in [0.1, 0.15) is 521 Å². The Labute approximate surface area is 597 Å². The molecule has 0 rings (SSSR count). The van der Waals surface area contributed by atoms with Gasteiger partial charge >= 0.3 is 5.97 Å². The molecule has 3 N–H and O–H groups in total. The third-order valence-electron chi connectivity index (χ3n) is 21.3. The lowest BCUT2D eigenvalue weighted by Crippen LogP contribution is -2.45. The van der Waals surface area contributed by atoms with E-state index in [2.05, 4.69) is 31.3 Å². The van der Waals surface area contributed by atoms with E-state index in [0.717, 1.165) is 38.5 Å². The van der Waals surface area contributed by atoms with Crippen LogP contribution in [0.3, 0.4) is 0 Å². The van der Waals surface area contributed by atoms with Crippen LogP contribution < -0.4 is 5.32 Å². The topological polar surface area (TPSA) is 95.9 Å². The first-order chi connectivity index (χ1) is 47.0. The summed E-state index contributed by atoms with van der Waals surface area (Å²) in [6, 6.07) is -0.540. The lowest BCUT2D eigenvalue weighted by atomic mass is 10.0. The van der Waals surface area contributed by atoms with Gasteiger partial charge in [0.05, 0.1) is 25.4 Å². The number of rotatable bonds is 85. The maximum Gasteiger partial charge on any atom is 0.305 e. The summed E-state index contributed by atoms with van der Waals surface area (Å²) in [4.78, 5) is 24.7. The quantitative estimate of drug-likeness (QED) is 0.0320. The van der Waals surface area contributed by atoms with Crippen molar-refractivity contribution in [2.45, 2.75) is 533 Å². The molecule has 2 unspecified atom stereocenters. The first kappa shape index (κ1) is 93.6. The van der Waals surface area contributed by atoms with Crippen molar-refractivity contribution in [3.63, 3.8) is 0 Å². The number of ether oxygens (including phenoxy) is 1. The summed E-state index contributed by atoms with van der Waals surface area (Å²) in [6.07, 6.45) is 109. The lowest BCUT2D eigenvalue weighted by Gasteiger charge is -2.22. The summed E-state index contributed by atoms with van der Waals surface area (Å²) in [5, 5.41) is 23.5. The number of unbranched alkanes of at least 4 members (excludes halogenated alkanes) is 72. The van der Waals surface area contributed by atoms with Crippen LogP contribution >= 0.6 is 0 Å². The van der Waals surface area contributed by atoms with E-state index in [0.29, 0.717) is 25.9 Å². The van der Waals surface area contributed by atoms with Crippen LogP contribution in [-0.2, 0) is 14.3 Å². The molecule has 0 aliphatic rings. The second-order valence-corrected chi connectivity index (χ2v) is 30.9. The molecule has 566 valence electrons. The molecule has 2 atom stereocenters. The van der Waals surface area contributed by atoms with E-state index in [1.807, 2.05) is 0 Å². The fourth-order valence-electron chi connectivity index (χ4n) is 14.6. The number of aliphatic hydroxyl groups is 2. The van der Waals surface area contributed by atoms with Gasteiger partial charge in [0.25, 0.3) is 0 Å². The third kappa shape index (κ3) is 81.5. The molecular weight excluding hydrogens is 1160 g/mol. The zero-order valence-electron chi connectivity index (χ0n) is 65.2. The number of amides is 1. The summed E-state index contributed by atoms with van der Waals surface area (Å²) in [5.74, 6) is 0.00203. The smallest absolute Gasteiger partial charge is 0.305 e. The molecule has 0 aliphatic heterocycles. The molecule has 0 aromatic rings. The standard InChI is InChI=1S/C89H175NO5/c1-3-5-7-9-11-13-15-17-19-21-23-24-25-39-42-46-49-53-57-61-65-69-73-77-81-87(92)86(85-91)90-88(93)82-78-74-70-66-62-58-54-50-47-43-40-37-35-33-31-29-27-26-28-30-32-34-36-38-41-44-48-52-56-60-64-68-72-76-80-84-95-89(94)83-79-75-71-67-63-59-55-51-45-22-20-18-16-14-12-10-8-6-4-2/h28,30,86-87,91-92H,3-27,29,31-85H2,1-2H3,(H,90,93)/b30-28-. The van der Waals surface area contributed by atoms with Crippen molar-refractivity contribution in [1.82, 2.24) is 5.32 Å². The van der Waals surface area contributed by atoms with E-state index >= 15 is 0 Å². The molecule has 6 nitrogen and oxygen atoms in total. The van der Waals surface area contributed by atoms with Gasteiger partial charge < -0.3 is 20.3 Å². The van der Waals surface area contributed by atoms with Gasteiger partial charge in [-0.3, -0.25) is 9.59 Å². The number of aliphatic hydroxyl groups excluding tert-OH is 2. The van der Waals surface area contributed by atoms with Crippen LogP contribution in [0.2, 0.25) is 0 Å². The van der Waals surface area contributed by atoms with Gasteiger partial charge in [-0.05, 0) is 51.4 Å². The molecular formula is C89H175NO5. The lowest BCUT2D eigenvalue weighted by molar-refractivity contribution is -0.143. The molecule has 0 aliphatic carbocycles. The Morgan fingerprint density at radius 1 is 0.284 bits per heavy atom. The Balaban J connectivity index is 3.33. The molecule has 0 fully saturated rings. The predicted molar refractivity (Wildman–Crippen MR) is 421 cm³/mol. The first-order valence-corrected chi connectivity index (χ1v) is 44.4. The summed E-state index contributed by atoms with van der Waals surface area (Å²) in [5.41, 5.74) is 0. The summed E-state index contributed by atoms with van der Waals surface area (Å²) >= 11 is 0. The van der Waals surface area contributed by atoms with E-state index in [9.17, 15) is 19.8 Å². The summed E-state index contributed by atoms with van der Waals surface area (Å²) in [6.45, 7) is 5.03. The third-order valence-corrected chi connectivity index (χ3v) is 21.3. The predicted octanol–water partition coefficient (Wildman–Crippen LogP) is 29.8. The van der Waals surface area contributed by atoms with E-state index < -0.39 is 12.1 Å². The Kier molecular flexibility index (Phi) is 83.8. The Bertz CT molecular complexity index is 1450. The van der Waals surface area contributed by atoms with Gasteiger partial charge in [0.1, 0.15) is 0 Å². The van der Waals surface area contributed by atoms with Crippen LogP contribution in [-0.4, -0.2) is 47.4 Å². The Morgan fingerprint density at radius 2 is 0.495 bits per heavy atom. The minimum Gasteiger partial charge on any atom is -0.466 e. The molecule has 0 bridgehead atoms. The van der Waals surface area contributed by atoms with Gasteiger partial charge in [0, 0.05) is 12.8 Å². The zero-order chi connectivity index (χ0) is 68.4. The molecule has 6 heteroatoms. The number of nitrogens with one attached hydrogen (secondary N) is 1. The average molecular weight is 1340 g/mol. The highest BCUT2D eigenvalue weighted by Crippen LogP contribution is 2.21. The van der Waals surface area contributed by atoms with Crippen molar-refractivity contribution in [2.75, 3.05) is 13.2 Å². The monoisotopic (exact) mass is 1340 g/mol. The van der Waals surface area contributed by atoms with Crippen LogP contribution in [0.15, 0.2) is 12.2 Å². The van der Waals surface area contributed by atoms with Crippen molar-refractivity contribution in [1.29, 1.82) is 0 Å². The van der Waals surface area contributed by atoms with E-state index in [1.165, 1.54) is 449 Å². The highest BCUT2D eigenvalue weighted by atomic mass is 16.5. The molecule has 0 spiro atoms. The zero-order valence-corrected chi connectivity index (χ0v) is 65.2. The Hall–Kier alpha value is -1.40. The van der Waals surface area contributed by atoms with Gasteiger partial charge in [0.15, 0.2) is 0 Å². The van der Waals surface area contributed by atoms with Crippen molar-refractivity contribution >= 4 is 11.9 Å². The largest absolute Gasteiger partial charge is 0.466 e. The minimum absolute atomic E-state index is 0.0246. The van der Waals surface area contributed by atoms with Crippen LogP contribution in [0.4, 0.5) is 0 Å². The maximum atomic E-state index is 12.6. The number of hydrogen-bond acceptors (Lipinski definition) is 5. The van der Waals surface area contributed by atoms with Crippen LogP contribution in [0.25, 0.3) is 0 Å². The normalized spacial score (nSPS) is 12.4. The Morgan fingerprint density at radius 3 is 0.747 bits per heavy atom. The molecule has 0 saturated heterocycles. The molecule has 0 aromatic heterocycles.